The summed E-state index contributed by atoms with van der Waals surface area (Å²) < 4.78 is 73.3. The SMILES string of the molecule is CC(CC[Si](C)(O[Si](C)(C)C)O[Si](C)(C)C)OCC(O)CO.C[Si](C)(C)O[Si](C)(CCCCCCOCC(O)CO)O[Si](C)(C)C.C[Si](C)(C)O[Si](C)(CCCCCOCC(O)CO)O[Si](C)(C)C.C[Si](C)(C)O[Si](C)(CCCCOCC(O)CO)O[Si](C)(C)C. The fraction of sp³-hybridized carbons (Fsp3) is 1.00. The van der Waals surface area contributed by atoms with Crippen molar-refractivity contribution in [2.45, 2.75) is 309 Å². The Morgan fingerprint density at radius 2 is 0.440 bits per heavy atom. The second-order valence-electron chi connectivity index (χ2n) is 32.9. The third-order valence-corrected chi connectivity index (χ3v) is 50.2. The normalized spacial score (nSPS) is 15.4. The zero-order chi connectivity index (χ0) is 72.0. The zero-order valence-electron chi connectivity index (χ0n) is 64.0. The van der Waals surface area contributed by atoms with Crippen LogP contribution in [0, 0.1) is 0 Å². The van der Waals surface area contributed by atoms with Crippen LogP contribution in [0.3, 0.4) is 0 Å². The van der Waals surface area contributed by atoms with Crippen molar-refractivity contribution in [3.05, 3.63) is 0 Å². The summed E-state index contributed by atoms with van der Waals surface area (Å²) in [6.45, 7) is 65.7. The maximum atomic E-state index is 9.34. The first-order valence-corrected chi connectivity index (χ1v) is 71.3. The fourth-order valence-corrected chi connectivity index (χ4v) is 60.3. The minimum absolute atomic E-state index is 0.0171. The van der Waals surface area contributed by atoms with Crippen molar-refractivity contribution in [1.82, 2.24) is 0 Å². The van der Waals surface area contributed by atoms with Crippen LogP contribution in [-0.2, 0) is 51.9 Å². The Kier molecular flexibility index (Phi) is 52.1. The summed E-state index contributed by atoms with van der Waals surface area (Å²) in [7, 11) is -21.5. The summed E-state index contributed by atoms with van der Waals surface area (Å²) in [6.07, 6.45) is 7.20. The lowest BCUT2D eigenvalue weighted by atomic mass is 10.2. The topological polar surface area (TPSA) is 273 Å². The van der Waals surface area contributed by atoms with Gasteiger partial charge in [-0.2, -0.15) is 0 Å². The largest absolute Gasteiger partial charge is 0.437 e. The first-order valence-electron chi connectivity index (χ1n) is 34.0. The van der Waals surface area contributed by atoms with Gasteiger partial charge in [0.05, 0.1) is 59.0 Å². The average molecular weight is 1520 g/mol. The van der Waals surface area contributed by atoms with Gasteiger partial charge in [0.25, 0.3) is 0 Å². The maximum absolute atomic E-state index is 9.34. The molecule has 91 heavy (non-hydrogen) atoms. The van der Waals surface area contributed by atoms with E-state index in [1.807, 2.05) is 6.92 Å². The molecule has 0 radical (unpaired) electrons. The molecule has 0 heterocycles. The maximum Gasteiger partial charge on any atom is 0.314 e. The first-order chi connectivity index (χ1) is 40.9. The van der Waals surface area contributed by atoms with E-state index in [-0.39, 0.29) is 59.0 Å². The van der Waals surface area contributed by atoms with Gasteiger partial charge in [-0.25, -0.2) is 0 Å². The quantitative estimate of drug-likeness (QED) is 0.0208. The molecule has 0 saturated carbocycles. The number of unbranched alkanes of at least 4 members (excludes halogenated alkanes) is 6. The lowest BCUT2D eigenvalue weighted by Gasteiger charge is -2.39. The van der Waals surface area contributed by atoms with Crippen LogP contribution in [0.15, 0.2) is 0 Å². The molecule has 0 aliphatic carbocycles. The number of hydrogen-bond acceptors (Lipinski definition) is 20. The van der Waals surface area contributed by atoms with E-state index in [1.54, 1.807) is 0 Å². The van der Waals surface area contributed by atoms with Gasteiger partial charge in [0.15, 0.2) is 66.5 Å². The lowest BCUT2D eigenvalue weighted by Crippen LogP contribution is -2.52. The summed E-state index contributed by atoms with van der Waals surface area (Å²) in [6, 6.07) is 3.96. The standard InChI is InChI=1S/C16H40O5Si3.C15H38O5Si3.2C14H36O5Si3/c1-22(2,3)20-24(7,21-23(4,5)6)13-11-9-8-10-12-19-15-16(18)14-17;1-21(2,3)19-23(7,20-22(4,5)6)12-10-8-9-11-18-14-15(17)13-16;1-13(17-12-14(16)11-15)9-10-22(8,18-20(2,3)4)19-21(5,6)7;1-20(2,3)18-22(7,19-21(4,5)6)11-9-8-10-17-13-14(16)12-15/h16-18H,8-15H2,1-7H3;15-17H,8-14H2,1-7H3;13-16H,9-12H2,1-8H3;14-16H,8-13H2,1-7H3. The van der Waals surface area contributed by atoms with E-state index in [1.165, 1.54) is 0 Å². The van der Waals surface area contributed by atoms with Crippen molar-refractivity contribution in [1.29, 1.82) is 0 Å². The Bertz CT molecular complexity index is 1690. The molecule has 0 aliphatic rings. The van der Waals surface area contributed by atoms with E-state index in [0.29, 0.717) is 19.8 Å². The molecule has 0 aromatic heterocycles. The molecule has 0 aliphatic heterocycles. The molecule has 0 rings (SSSR count). The van der Waals surface area contributed by atoms with Crippen molar-refractivity contribution >= 4 is 101 Å². The highest BCUT2D eigenvalue weighted by molar-refractivity contribution is 6.90. The highest BCUT2D eigenvalue weighted by Gasteiger charge is 2.43. The van der Waals surface area contributed by atoms with Gasteiger partial charge in [0.2, 0.25) is 0 Å². The monoisotopic (exact) mass is 1510 g/mol. The van der Waals surface area contributed by atoms with Gasteiger partial charge in [-0.05, 0) is 247 Å². The third kappa shape index (κ3) is 71.4. The van der Waals surface area contributed by atoms with Crippen LogP contribution in [0.25, 0.3) is 0 Å². The molecule has 5 unspecified atom stereocenters. The molecule has 0 bridgehead atoms. The van der Waals surface area contributed by atoms with Gasteiger partial charge in [0, 0.05) is 19.8 Å². The highest BCUT2D eigenvalue weighted by atomic mass is 28.5. The summed E-state index contributed by atoms with van der Waals surface area (Å²) in [4.78, 5) is 0. The Morgan fingerprint density at radius 1 is 0.253 bits per heavy atom. The number of aliphatic hydroxyl groups is 8. The van der Waals surface area contributed by atoms with Gasteiger partial charge >= 0.3 is 34.2 Å². The summed E-state index contributed by atoms with van der Waals surface area (Å²) in [5.74, 6) is 0. The zero-order valence-corrected chi connectivity index (χ0v) is 76.0. The second kappa shape index (κ2) is 47.8. The van der Waals surface area contributed by atoms with Crippen LogP contribution in [0.4, 0.5) is 0 Å². The molecule has 0 aromatic carbocycles. The minimum atomic E-state index is -2.22. The van der Waals surface area contributed by atoms with E-state index in [4.69, 9.17) is 72.3 Å². The van der Waals surface area contributed by atoms with Gasteiger partial charge in [-0.15, -0.1) is 0 Å². The molecule has 0 saturated heterocycles. The Labute approximate surface area is 571 Å². The van der Waals surface area contributed by atoms with Crippen LogP contribution in [0.1, 0.15) is 71.1 Å². The van der Waals surface area contributed by atoms with E-state index in [2.05, 4.69) is 183 Å². The van der Waals surface area contributed by atoms with Crippen molar-refractivity contribution < 1.29 is 92.7 Å². The minimum Gasteiger partial charge on any atom is -0.437 e. The van der Waals surface area contributed by atoms with Crippen LogP contribution in [0.2, 0.25) is 207 Å². The average Bonchev–Trinajstić information content (AvgIpc) is 1.07. The molecule has 32 heteroatoms. The Hall–Kier alpha value is 1.80. The fourth-order valence-electron chi connectivity index (χ4n) is 9.85. The molecule has 20 nitrogen and oxygen atoms in total. The van der Waals surface area contributed by atoms with Crippen molar-refractivity contribution in [2.24, 2.45) is 0 Å². The molecular weight excluding hydrogens is 1370 g/mol. The molecule has 8 N–H and O–H groups in total. The predicted molar refractivity (Wildman–Crippen MR) is 408 cm³/mol. The third-order valence-electron chi connectivity index (χ3n) is 11.8. The second-order valence-corrected chi connectivity index (χ2v) is 84.3. The number of rotatable bonds is 50. The lowest BCUT2D eigenvalue weighted by molar-refractivity contribution is -0.0238. The molecule has 5 atom stereocenters. The van der Waals surface area contributed by atoms with E-state index < -0.39 is 125 Å². The van der Waals surface area contributed by atoms with Crippen LogP contribution in [0.5, 0.6) is 0 Å². The Morgan fingerprint density at radius 3 is 0.670 bits per heavy atom. The predicted octanol–water partition coefficient (Wildman–Crippen LogP) is 12.8. The van der Waals surface area contributed by atoms with Crippen LogP contribution in [-0.4, -0.2) is 245 Å². The van der Waals surface area contributed by atoms with Crippen LogP contribution < -0.4 is 0 Å². The number of hydrogen-bond donors (Lipinski definition) is 8. The first kappa shape index (κ1) is 99.2. The molecule has 0 spiro atoms. The summed E-state index contributed by atoms with van der Waals surface area (Å²) >= 11 is 0. The summed E-state index contributed by atoms with van der Waals surface area (Å²) in [5, 5.41) is 71.8. The van der Waals surface area contributed by atoms with E-state index in [0.717, 1.165) is 88.4 Å². The van der Waals surface area contributed by atoms with Crippen molar-refractivity contribution in [3.63, 3.8) is 0 Å². The molecule has 0 amide bonds. The van der Waals surface area contributed by atoms with Gasteiger partial charge in [-0.3, -0.25) is 0 Å². The van der Waals surface area contributed by atoms with Gasteiger partial charge in [0.1, 0.15) is 24.4 Å². The van der Waals surface area contributed by atoms with E-state index >= 15 is 0 Å². The summed E-state index contributed by atoms with van der Waals surface area (Å²) in [5.41, 5.74) is 0. The van der Waals surface area contributed by atoms with Gasteiger partial charge in [-0.1, -0.05) is 32.1 Å². The highest BCUT2D eigenvalue weighted by Crippen LogP contribution is 2.30. The Balaban J connectivity index is -0.000000555. The van der Waals surface area contributed by atoms with Gasteiger partial charge < -0.3 is 92.7 Å². The molecular formula is C59H150O20Si12. The van der Waals surface area contributed by atoms with Crippen molar-refractivity contribution in [3.8, 4) is 0 Å². The number of aliphatic hydroxyl groups excluding tert-OH is 8. The molecule has 0 aromatic rings. The van der Waals surface area contributed by atoms with Crippen LogP contribution >= 0.6 is 0 Å². The molecule has 0 fully saturated rings. The number of ether oxygens (including phenoxy) is 4. The van der Waals surface area contributed by atoms with Crippen molar-refractivity contribution in [2.75, 3.05) is 72.7 Å². The van der Waals surface area contributed by atoms with E-state index in [9.17, 15) is 20.4 Å². The smallest absolute Gasteiger partial charge is 0.314 e. The molecule has 554 valence electrons.